The molecule has 3 heteroatoms. The van der Waals surface area contributed by atoms with Gasteiger partial charge in [0.05, 0.1) is 0 Å². The van der Waals surface area contributed by atoms with E-state index in [2.05, 4.69) is 5.73 Å². The summed E-state index contributed by atoms with van der Waals surface area (Å²) in [5, 5.41) is 4.08. The first-order valence-electron chi connectivity index (χ1n) is 2.04. The van der Waals surface area contributed by atoms with Crippen molar-refractivity contribution in [2.24, 2.45) is 5.73 Å². The van der Waals surface area contributed by atoms with Crippen molar-refractivity contribution in [2.45, 2.75) is 0 Å². The SMILES string of the molecule is NC=O.c1ccsc1. The summed E-state index contributed by atoms with van der Waals surface area (Å²) in [6.07, 6.45) is 0.250. The van der Waals surface area contributed by atoms with Crippen molar-refractivity contribution in [1.29, 1.82) is 0 Å². The Labute approximate surface area is 51.9 Å². The van der Waals surface area contributed by atoms with Gasteiger partial charge in [0, 0.05) is 0 Å². The van der Waals surface area contributed by atoms with E-state index in [0.717, 1.165) is 0 Å². The first kappa shape index (κ1) is 7.17. The second kappa shape index (κ2) is 6.17. The van der Waals surface area contributed by atoms with E-state index < -0.39 is 0 Å². The maximum atomic E-state index is 8.58. The largest absolute Gasteiger partial charge is 0.372 e. The van der Waals surface area contributed by atoms with Crippen LogP contribution in [-0.4, -0.2) is 6.41 Å². The quantitative estimate of drug-likeness (QED) is 0.518. The molecule has 0 atom stereocenters. The summed E-state index contributed by atoms with van der Waals surface area (Å²) in [6, 6.07) is 4.04. The van der Waals surface area contributed by atoms with Crippen molar-refractivity contribution in [3.05, 3.63) is 22.9 Å². The molecule has 0 aliphatic carbocycles. The Morgan fingerprint density at radius 2 is 1.75 bits per heavy atom. The number of primary amides is 1. The van der Waals surface area contributed by atoms with Crippen LogP contribution in [0.4, 0.5) is 0 Å². The van der Waals surface area contributed by atoms with Crippen LogP contribution in [0.3, 0.4) is 0 Å². The van der Waals surface area contributed by atoms with Crippen LogP contribution in [-0.2, 0) is 4.79 Å². The van der Waals surface area contributed by atoms with E-state index in [9.17, 15) is 0 Å². The molecule has 2 nitrogen and oxygen atoms in total. The third-order valence-corrected chi connectivity index (χ3v) is 1.05. The third-order valence-electron chi connectivity index (χ3n) is 0.425. The molecule has 44 valence electrons. The first-order chi connectivity index (χ1) is 3.91. The molecule has 0 aliphatic heterocycles. The molecular formula is C5H7NOS. The van der Waals surface area contributed by atoms with Gasteiger partial charge >= 0.3 is 0 Å². The van der Waals surface area contributed by atoms with Crippen LogP contribution in [0.5, 0.6) is 0 Å². The van der Waals surface area contributed by atoms with Gasteiger partial charge in [-0.25, -0.2) is 0 Å². The number of rotatable bonds is 0. The maximum absolute atomic E-state index is 8.58. The van der Waals surface area contributed by atoms with Crippen LogP contribution in [0, 0.1) is 0 Å². The molecule has 1 heterocycles. The fourth-order valence-corrected chi connectivity index (χ4v) is 0.680. The van der Waals surface area contributed by atoms with E-state index in [1.165, 1.54) is 0 Å². The van der Waals surface area contributed by atoms with Gasteiger partial charge in [-0.2, -0.15) is 11.3 Å². The normalized spacial score (nSPS) is 6.50. The highest BCUT2D eigenvalue weighted by Crippen LogP contribution is 1.91. The Balaban J connectivity index is 0.000000145. The monoisotopic (exact) mass is 129 g/mol. The summed E-state index contributed by atoms with van der Waals surface area (Å²) in [4.78, 5) is 8.58. The first-order valence-corrected chi connectivity index (χ1v) is 2.98. The Bertz CT molecular complexity index is 98.8. The molecule has 1 amide bonds. The van der Waals surface area contributed by atoms with E-state index in [-0.39, 0.29) is 6.41 Å². The number of amides is 1. The minimum atomic E-state index is 0.250. The van der Waals surface area contributed by atoms with E-state index in [1.54, 1.807) is 11.3 Å². The summed E-state index contributed by atoms with van der Waals surface area (Å²) >= 11 is 1.71. The van der Waals surface area contributed by atoms with Gasteiger partial charge < -0.3 is 5.73 Å². The lowest BCUT2D eigenvalue weighted by Gasteiger charge is -1.39. The number of hydrogen-bond donors (Lipinski definition) is 1. The molecule has 1 aromatic rings. The van der Waals surface area contributed by atoms with Crippen molar-refractivity contribution in [1.82, 2.24) is 0 Å². The lowest BCUT2D eigenvalue weighted by Crippen LogP contribution is -1.82. The number of carbonyl (C=O) groups is 1. The summed E-state index contributed by atoms with van der Waals surface area (Å²) in [6.45, 7) is 0. The second-order valence-corrected chi connectivity index (χ2v) is 1.75. The zero-order valence-electron chi connectivity index (χ0n) is 4.28. The zero-order valence-corrected chi connectivity index (χ0v) is 5.10. The van der Waals surface area contributed by atoms with Crippen LogP contribution < -0.4 is 5.73 Å². The molecule has 2 N–H and O–H groups in total. The molecular weight excluding hydrogens is 122 g/mol. The number of carbonyl (C=O) groups excluding carboxylic acids is 1. The molecule has 0 saturated carbocycles. The number of thiophene rings is 1. The molecule has 0 unspecified atom stereocenters. The Morgan fingerprint density at radius 3 is 1.88 bits per heavy atom. The van der Waals surface area contributed by atoms with E-state index in [4.69, 9.17) is 4.79 Å². The average molecular weight is 129 g/mol. The zero-order chi connectivity index (χ0) is 6.24. The lowest BCUT2D eigenvalue weighted by atomic mass is 10.7. The third kappa shape index (κ3) is 5.17. The van der Waals surface area contributed by atoms with Crippen LogP contribution >= 0.6 is 11.3 Å². The molecule has 0 saturated heterocycles. The van der Waals surface area contributed by atoms with Gasteiger partial charge in [0.1, 0.15) is 0 Å². The standard InChI is InChI=1S/C4H4S.CH3NO/c1-2-4-5-3-1;2-1-3/h1-4H;1H,(H2,2,3). The van der Waals surface area contributed by atoms with Gasteiger partial charge in [0.2, 0.25) is 6.41 Å². The highest BCUT2D eigenvalue weighted by molar-refractivity contribution is 7.07. The van der Waals surface area contributed by atoms with Gasteiger partial charge in [0.25, 0.3) is 0 Å². The second-order valence-electron chi connectivity index (χ2n) is 0.929. The Hall–Kier alpha value is -0.830. The average Bonchev–Trinajstić information content (AvgIpc) is 2.17. The fourth-order valence-electron chi connectivity index (χ4n) is 0.227. The van der Waals surface area contributed by atoms with Crippen molar-refractivity contribution in [3.8, 4) is 0 Å². The molecule has 0 spiro atoms. The van der Waals surface area contributed by atoms with Gasteiger partial charge in [-0.15, -0.1) is 0 Å². The highest BCUT2D eigenvalue weighted by atomic mass is 32.1. The van der Waals surface area contributed by atoms with Gasteiger partial charge in [-0.05, 0) is 10.8 Å². The molecule has 0 fully saturated rings. The minimum absolute atomic E-state index is 0.250. The van der Waals surface area contributed by atoms with Crippen LogP contribution in [0.2, 0.25) is 0 Å². The number of hydrogen-bond acceptors (Lipinski definition) is 2. The van der Waals surface area contributed by atoms with Crippen molar-refractivity contribution >= 4 is 17.7 Å². The molecule has 8 heavy (non-hydrogen) atoms. The molecule has 1 rings (SSSR count). The van der Waals surface area contributed by atoms with E-state index in [0.29, 0.717) is 0 Å². The summed E-state index contributed by atoms with van der Waals surface area (Å²) in [7, 11) is 0. The molecule has 1 aromatic heterocycles. The topological polar surface area (TPSA) is 43.1 Å². The van der Waals surface area contributed by atoms with Crippen molar-refractivity contribution in [2.75, 3.05) is 0 Å². The van der Waals surface area contributed by atoms with Crippen molar-refractivity contribution in [3.63, 3.8) is 0 Å². The van der Waals surface area contributed by atoms with E-state index in [1.807, 2.05) is 22.9 Å². The van der Waals surface area contributed by atoms with Crippen LogP contribution in [0.1, 0.15) is 0 Å². The molecule has 0 aromatic carbocycles. The van der Waals surface area contributed by atoms with Crippen LogP contribution in [0.25, 0.3) is 0 Å². The Kier molecular flexibility index (Phi) is 5.53. The van der Waals surface area contributed by atoms with Gasteiger partial charge in [0.15, 0.2) is 0 Å². The van der Waals surface area contributed by atoms with Crippen molar-refractivity contribution < 1.29 is 4.79 Å². The lowest BCUT2D eigenvalue weighted by molar-refractivity contribution is -0.106. The summed E-state index contributed by atoms with van der Waals surface area (Å²) < 4.78 is 0. The predicted octanol–water partition coefficient (Wildman–Crippen LogP) is 0.850. The maximum Gasteiger partial charge on any atom is 0.204 e. The molecule has 0 aliphatic rings. The number of nitrogens with two attached hydrogens (primary N) is 1. The molecule has 0 bridgehead atoms. The van der Waals surface area contributed by atoms with Crippen LogP contribution in [0.15, 0.2) is 22.9 Å². The van der Waals surface area contributed by atoms with E-state index >= 15 is 0 Å². The summed E-state index contributed by atoms with van der Waals surface area (Å²) in [5.74, 6) is 0. The van der Waals surface area contributed by atoms with Gasteiger partial charge in [-0.3, -0.25) is 4.79 Å². The molecule has 0 radical (unpaired) electrons. The minimum Gasteiger partial charge on any atom is -0.372 e. The smallest absolute Gasteiger partial charge is 0.204 e. The van der Waals surface area contributed by atoms with Gasteiger partial charge in [-0.1, -0.05) is 12.1 Å². The predicted molar refractivity (Wildman–Crippen MR) is 34.6 cm³/mol. The highest BCUT2D eigenvalue weighted by Gasteiger charge is 1.58. The summed E-state index contributed by atoms with van der Waals surface area (Å²) in [5.41, 5.74) is 4.17. The fraction of sp³-hybridized carbons (Fsp3) is 0. The Morgan fingerprint density at radius 1 is 1.38 bits per heavy atom.